The summed E-state index contributed by atoms with van der Waals surface area (Å²) in [6, 6.07) is 2.30. The highest BCUT2D eigenvalue weighted by molar-refractivity contribution is 7.10. The van der Waals surface area contributed by atoms with E-state index in [1.54, 1.807) is 11.3 Å². The maximum atomic E-state index is 5.95. The van der Waals surface area contributed by atoms with E-state index in [1.165, 1.54) is 23.3 Å². The SMILES string of the molecule is COC1(C(NN)c2csc(C)c2)CCC(C)(C)CC1. The molecule has 0 aliphatic heterocycles. The highest BCUT2D eigenvalue weighted by atomic mass is 32.1. The number of rotatable bonds is 4. The molecule has 1 aliphatic rings. The van der Waals surface area contributed by atoms with Gasteiger partial charge in [0.2, 0.25) is 0 Å². The normalized spacial score (nSPS) is 23.2. The average molecular weight is 282 g/mol. The number of methoxy groups -OCH3 is 1. The number of hydrogen-bond donors (Lipinski definition) is 2. The van der Waals surface area contributed by atoms with Crippen LogP contribution in [0.25, 0.3) is 0 Å². The number of hydrogen-bond acceptors (Lipinski definition) is 4. The summed E-state index contributed by atoms with van der Waals surface area (Å²) in [6.45, 7) is 6.81. The van der Waals surface area contributed by atoms with Gasteiger partial charge in [0, 0.05) is 12.0 Å². The van der Waals surface area contributed by atoms with E-state index in [9.17, 15) is 0 Å². The van der Waals surface area contributed by atoms with Gasteiger partial charge >= 0.3 is 0 Å². The van der Waals surface area contributed by atoms with Crippen molar-refractivity contribution in [2.45, 2.75) is 58.1 Å². The van der Waals surface area contributed by atoms with Gasteiger partial charge in [-0.3, -0.25) is 11.3 Å². The van der Waals surface area contributed by atoms with E-state index in [0.29, 0.717) is 5.41 Å². The number of nitrogens with two attached hydrogens (primary N) is 1. The first-order chi connectivity index (χ1) is 8.92. The summed E-state index contributed by atoms with van der Waals surface area (Å²) in [7, 11) is 1.82. The molecule has 1 fully saturated rings. The van der Waals surface area contributed by atoms with E-state index in [-0.39, 0.29) is 11.6 Å². The van der Waals surface area contributed by atoms with E-state index >= 15 is 0 Å². The van der Waals surface area contributed by atoms with Crippen molar-refractivity contribution < 1.29 is 4.74 Å². The first-order valence-corrected chi connectivity index (χ1v) is 7.87. The summed E-state index contributed by atoms with van der Waals surface area (Å²) in [5, 5.41) is 2.19. The third kappa shape index (κ3) is 3.02. The molecule has 0 saturated heterocycles. The summed E-state index contributed by atoms with van der Waals surface area (Å²) in [6.07, 6.45) is 4.48. The molecule has 0 radical (unpaired) electrons. The first-order valence-electron chi connectivity index (χ1n) is 6.99. The van der Waals surface area contributed by atoms with Crippen molar-refractivity contribution in [1.29, 1.82) is 0 Å². The molecule has 0 amide bonds. The number of aryl methyl sites for hydroxylation is 1. The summed E-state index contributed by atoms with van der Waals surface area (Å²) in [5.74, 6) is 5.85. The second-order valence-corrected chi connectivity index (χ2v) is 7.64. The van der Waals surface area contributed by atoms with Crippen LogP contribution in [0.4, 0.5) is 0 Å². The molecule has 1 unspecified atom stereocenters. The number of hydrazine groups is 1. The Morgan fingerprint density at radius 3 is 2.37 bits per heavy atom. The maximum absolute atomic E-state index is 5.95. The summed E-state index contributed by atoms with van der Waals surface area (Å²) >= 11 is 1.77. The molecule has 3 N–H and O–H groups in total. The zero-order chi connectivity index (χ0) is 14.1. The minimum Gasteiger partial charge on any atom is -0.376 e. The quantitative estimate of drug-likeness (QED) is 0.656. The molecule has 0 aromatic carbocycles. The molecule has 1 aliphatic carbocycles. The fourth-order valence-electron chi connectivity index (χ4n) is 3.13. The molecule has 4 heteroatoms. The molecule has 19 heavy (non-hydrogen) atoms. The van der Waals surface area contributed by atoms with Gasteiger partial charge in [0.1, 0.15) is 0 Å². The largest absolute Gasteiger partial charge is 0.376 e. The molecule has 1 atom stereocenters. The Hall–Kier alpha value is -0.420. The molecule has 2 rings (SSSR count). The van der Waals surface area contributed by atoms with Crippen LogP contribution in [0.2, 0.25) is 0 Å². The maximum Gasteiger partial charge on any atom is 0.0886 e. The minimum atomic E-state index is -0.169. The predicted octanol–water partition coefficient (Wildman–Crippen LogP) is 3.55. The predicted molar refractivity (Wildman–Crippen MR) is 81.1 cm³/mol. The van der Waals surface area contributed by atoms with Gasteiger partial charge in [0.15, 0.2) is 0 Å². The van der Waals surface area contributed by atoms with Crippen LogP contribution in [0.1, 0.15) is 56.0 Å². The second kappa shape index (κ2) is 5.52. The second-order valence-electron chi connectivity index (χ2n) is 6.52. The van der Waals surface area contributed by atoms with Gasteiger partial charge in [-0.15, -0.1) is 11.3 Å². The van der Waals surface area contributed by atoms with E-state index < -0.39 is 0 Å². The summed E-state index contributed by atoms with van der Waals surface area (Å²) in [5.41, 5.74) is 4.51. The fraction of sp³-hybridized carbons (Fsp3) is 0.733. The molecular formula is C15H26N2OS. The van der Waals surface area contributed by atoms with E-state index in [0.717, 1.165) is 12.8 Å². The molecule has 108 valence electrons. The Balaban J connectivity index is 2.24. The van der Waals surface area contributed by atoms with Crippen molar-refractivity contribution in [3.63, 3.8) is 0 Å². The first kappa shape index (κ1) is 15.0. The Labute approximate surface area is 120 Å². The molecule has 1 heterocycles. The number of thiophene rings is 1. The highest BCUT2D eigenvalue weighted by Gasteiger charge is 2.44. The monoisotopic (exact) mass is 282 g/mol. The molecule has 1 aromatic heterocycles. The van der Waals surface area contributed by atoms with E-state index in [2.05, 4.69) is 37.6 Å². The third-order valence-corrected chi connectivity index (χ3v) is 5.51. The van der Waals surface area contributed by atoms with Crippen LogP contribution in [-0.4, -0.2) is 12.7 Å². The molecular weight excluding hydrogens is 256 g/mol. The van der Waals surface area contributed by atoms with E-state index in [1.807, 2.05) is 7.11 Å². The van der Waals surface area contributed by atoms with Crippen LogP contribution in [0.5, 0.6) is 0 Å². The molecule has 0 spiro atoms. The van der Waals surface area contributed by atoms with Crippen LogP contribution in [0.3, 0.4) is 0 Å². The lowest BCUT2D eigenvalue weighted by atomic mass is 9.67. The van der Waals surface area contributed by atoms with Gasteiger partial charge in [0.25, 0.3) is 0 Å². The Morgan fingerprint density at radius 1 is 1.32 bits per heavy atom. The van der Waals surface area contributed by atoms with Gasteiger partial charge in [-0.2, -0.15) is 0 Å². The molecule has 3 nitrogen and oxygen atoms in total. The fourth-order valence-corrected chi connectivity index (χ4v) is 3.86. The Bertz CT molecular complexity index is 418. The van der Waals surface area contributed by atoms with Crippen LogP contribution < -0.4 is 11.3 Å². The van der Waals surface area contributed by atoms with Crippen molar-refractivity contribution in [1.82, 2.24) is 5.43 Å². The Morgan fingerprint density at radius 2 is 1.95 bits per heavy atom. The van der Waals surface area contributed by atoms with Gasteiger partial charge in [-0.1, -0.05) is 13.8 Å². The lowest BCUT2D eigenvalue weighted by Crippen LogP contribution is -2.50. The van der Waals surface area contributed by atoms with E-state index in [4.69, 9.17) is 10.6 Å². The lowest BCUT2D eigenvalue weighted by molar-refractivity contribution is -0.0876. The standard InChI is InChI=1S/C15H26N2OS/c1-11-9-12(10-19-11)13(17-16)15(18-4)7-5-14(2,3)6-8-15/h9-10,13,17H,5-8,16H2,1-4H3. The van der Waals surface area contributed by atoms with Gasteiger partial charge in [-0.25, -0.2) is 0 Å². The van der Waals surface area contributed by atoms with Gasteiger partial charge in [0.05, 0.1) is 11.6 Å². The van der Waals surface area contributed by atoms with Gasteiger partial charge in [-0.05, 0) is 55.0 Å². The van der Waals surface area contributed by atoms with Crippen LogP contribution in [0, 0.1) is 12.3 Å². The molecule has 1 aromatic rings. The number of ether oxygens (including phenoxy) is 1. The average Bonchev–Trinajstić information content (AvgIpc) is 2.79. The summed E-state index contributed by atoms with van der Waals surface area (Å²) in [4.78, 5) is 1.32. The molecule has 0 bridgehead atoms. The topological polar surface area (TPSA) is 47.3 Å². The van der Waals surface area contributed by atoms with Crippen LogP contribution in [0.15, 0.2) is 11.4 Å². The van der Waals surface area contributed by atoms with Crippen molar-refractivity contribution in [3.05, 3.63) is 21.9 Å². The Kier molecular flexibility index (Phi) is 4.35. The van der Waals surface area contributed by atoms with Gasteiger partial charge < -0.3 is 4.74 Å². The minimum absolute atomic E-state index is 0.0820. The zero-order valence-electron chi connectivity index (χ0n) is 12.5. The van der Waals surface area contributed by atoms with Crippen molar-refractivity contribution in [2.75, 3.05) is 7.11 Å². The zero-order valence-corrected chi connectivity index (χ0v) is 13.3. The highest BCUT2D eigenvalue weighted by Crippen LogP contribution is 2.47. The smallest absolute Gasteiger partial charge is 0.0886 e. The number of nitrogens with one attached hydrogen (secondary N) is 1. The van der Waals surface area contributed by atoms with Crippen LogP contribution >= 0.6 is 11.3 Å². The van der Waals surface area contributed by atoms with Crippen molar-refractivity contribution in [2.24, 2.45) is 11.3 Å². The van der Waals surface area contributed by atoms with Crippen LogP contribution in [-0.2, 0) is 4.74 Å². The molecule has 1 saturated carbocycles. The summed E-state index contributed by atoms with van der Waals surface area (Å²) < 4.78 is 5.95. The van der Waals surface area contributed by atoms with Crippen molar-refractivity contribution in [3.8, 4) is 0 Å². The third-order valence-electron chi connectivity index (χ3n) is 4.63. The van der Waals surface area contributed by atoms with Crippen molar-refractivity contribution >= 4 is 11.3 Å². The lowest BCUT2D eigenvalue weighted by Gasteiger charge is -2.46.